The Kier molecular flexibility index (Phi) is 3.12. The highest BCUT2D eigenvalue weighted by molar-refractivity contribution is 5.65. The Labute approximate surface area is 129 Å². The fourth-order valence-corrected chi connectivity index (χ4v) is 2.82. The van der Waals surface area contributed by atoms with Crippen LogP contribution in [0.15, 0.2) is 42.7 Å². The lowest BCUT2D eigenvalue weighted by Gasteiger charge is -2.08. The van der Waals surface area contributed by atoms with E-state index in [-0.39, 0.29) is 0 Å². The summed E-state index contributed by atoms with van der Waals surface area (Å²) in [5.41, 5.74) is 4.95. The van der Waals surface area contributed by atoms with Gasteiger partial charge in [-0.05, 0) is 48.6 Å². The lowest BCUT2D eigenvalue weighted by molar-refractivity contribution is 0.726. The molecule has 108 valence electrons. The summed E-state index contributed by atoms with van der Waals surface area (Å²) in [6.07, 6.45) is 6.72. The number of pyridine rings is 1. The van der Waals surface area contributed by atoms with E-state index >= 15 is 0 Å². The van der Waals surface area contributed by atoms with Crippen LogP contribution >= 0.6 is 0 Å². The maximum Gasteiger partial charge on any atom is 0.156 e. The summed E-state index contributed by atoms with van der Waals surface area (Å²) >= 11 is 0. The van der Waals surface area contributed by atoms with Crippen LogP contribution in [0.1, 0.15) is 30.4 Å². The van der Waals surface area contributed by atoms with Crippen molar-refractivity contribution >= 4 is 5.65 Å². The molecule has 0 unspecified atom stereocenters. The topological polar surface area (TPSA) is 54.0 Å². The minimum absolute atomic E-state index is 0.670. The van der Waals surface area contributed by atoms with E-state index in [9.17, 15) is 0 Å². The summed E-state index contributed by atoms with van der Waals surface area (Å²) in [6, 6.07) is 14.1. The molecule has 2 aromatic heterocycles. The molecule has 3 aromatic rings. The van der Waals surface area contributed by atoms with Crippen LogP contribution in [0.3, 0.4) is 0 Å². The van der Waals surface area contributed by atoms with E-state index in [1.54, 1.807) is 6.33 Å². The van der Waals surface area contributed by atoms with Crippen LogP contribution in [-0.4, -0.2) is 14.6 Å². The monoisotopic (exact) mass is 288 g/mol. The van der Waals surface area contributed by atoms with Gasteiger partial charge < -0.3 is 0 Å². The van der Waals surface area contributed by atoms with E-state index < -0.39 is 0 Å². The quantitative estimate of drug-likeness (QED) is 0.737. The van der Waals surface area contributed by atoms with Crippen LogP contribution in [0.4, 0.5) is 0 Å². The number of nitrogens with zero attached hydrogens (tertiary/aromatic N) is 4. The molecule has 4 rings (SSSR count). The minimum atomic E-state index is 0.670. The molecule has 22 heavy (non-hydrogen) atoms. The smallest absolute Gasteiger partial charge is 0.156 e. The summed E-state index contributed by atoms with van der Waals surface area (Å²) in [4.78, 5) is 4.34. The molecule has 0 bridgehead atoms. The Morgan fingerprint density at radius 3 is 2.73 bits per heavy atom. The van der Waals surface area contributed by atoms with E-state index in [1.165, 1.54) is 24.8 Å². The van der Waals surface area contributed by atoms with Gasteiger partial charge in [0.15, 0.2) is 5.65 Å². The van der Waals surface area contributed by atoms with Gasteiger partial charge in [0, 0.05) is 5.56 Å². The predicted octanol–water partition coefficient (Wildman–Crippen LogP) is 3.61. The Bertz CT molecular complexity index is 851. The first-order chi connectivity index (χ1) is 10.8. The van der Waals surface area contributed by atoms with Crippen LogP contribution < -0.4 is 0 Å². The van der Waals surface area contributed by atoms with Crippen molar-refractivity contribution in [3.63, 3.8) is 0 Å². The third kappa shape index (κ3) is 2.46. The zero-order valence-corrected chi connectivity index (χ0v) is 12.2. The minimum Gasteiger partial charge on any atom is -0.215 e. The Morgan fingerprint density at radius 2 is 2.00 bits per heavy atom. The number of aryl methyl sites for hydroxylation is 1. The van der Waals surface area contributed by atoms with Crippen molar-refractivity contribution < 1.29 is 0 Å². The summed E-state index contributed by atoms with van der Waals surface area (Å²) in [5.74, 6) is 0.924. The van der Waals surface area contributed by atoms with Gasteiger partial charge in [-0.25, -0.2) is 9.50 Å². The normalized spacial score (nSPS) is 14.1. The zero-order chi connectivity index (χ0) is 14.9. The highest BCUT2D eigenvalue weighted by Crippen LogP contribution is 2.34. The number of benzene rings is 1. The Hall–Kier alpha value is -2.67. The highest BCUT2D eigenvalue weighted by atomic mass is 15.3. The molecule has 1 saturated carbocycles. The van der Waals surface area contributed by atoms with Gasteiger partial charge in [-0.15, -0.1) is 0 Å². The molecule has 1 aliphatic carbocycles. The van der Waals surface area contributed by atoms with E-state index in [1.807, 2.05) is 28.8 Å². The number of hydrogen-bond acceptors (Lipinski definition) is 3. The summed E-state index contributed by atoms with van der Waals surface area (Å²) in [6.45, 7) is 0. The van der Waals surface area contributed by atoms with Crippen molar-refractivity contribution in [2.24, 2.45) is 5.92 Å². The van der Waals surface area contributed by atoms with Crippen molar-refractivity contribution in [3.8, 4) is 17.3 Å². The standard InChI is InChI=1S/C18H16N4/c19-11-14-5-7-16(8-6-14)17-9-15(4-3-13-1-2-13)10-18-20-12-21-22(17)18/h5-10,12-13H,1-4H2. The average Bonchev–Trinajstić information content (AvgIpc) is 3.28. The Morgan fingerprint density at radius 1 is 1.18 bits per heavy atom. The van der Waals surface area contributed by atoms with Crippen LogP contribution in [0.5, 0.6) is 0 Å². The average molecular weight is 288 g/mol. The number of aromatic nitrogens is 3. The molecule has 0 N–H and O–H groups in total. The SMILES string of the molecule is N#Cc1ccc(-c2cc(CCC3CC3)cc3ncnn23)cc1. The maximum absolute atomic E-state index is 8.93. The fourth-order valence-electron chi connectivity index (χ4n) is 2.82. The third-order valence-corrected chi connectivity index (χ3v) is 4.29. The summed E-state index contributed by atoms with van der Waals surface area (Å²) < 4.78 is 1.86. The number of nitriles is 1. The second kappa shape index (κ2) is 5.27. The zero-order valence-electron chi connectivity index (χ0n) is 12.2. The molecule has 2 heterocycles. The predicted molar refractivity (Wildman–Crippen MR) is 84.2 cm³/mol. The molecule has 1 aliphatic rings. The van der Waals surface area contributed by atoms with Gasteiger partial charge in [-0.1, -0.05) is 25.0 Å². The van der Waals surface area contributed by atoms with Crippen LogP contribution in [0.25, 0.3) is 16.9 Å². The first-order valence-electron chi connectivity index (χ1n) is 7.67. The van der Waals surface area contributed by atoms with Gasteiger partial charge in [0.2, 0.25) is 0 Å². The second-order valence-electron chi connectivity index (χ2n) is 5.95. The number of fused-ring (bicyclic) bond motifs is 1. The molecular formula is C18H16N4. The second-order valence-corrected chi connectivity index (χ2v) is 5.95. The first-order valence-corrected chi connectivity index (χ1v) is 7.67. The summed E-state index contributed by atoms with van der Waals surface area (Å²) in [7, 11) is 0. The molecule has 1 aromatic carbocycles. The van der Waals surface area contributed by atoms with E-state index in [0.717, 1.165) is 29.2 Å². The third-order valence-electron chi connectivity index (χ3n) is 4.29. The van der Waals surface area contributed by atoms with Crippen LogP contribution in [-0.2, 0) is 6.42 Å². The Balaban J connectivity index is 1.76. The van der Waals surface area contributed by atoms with E-state index in [2.05, 4.69) is 28.3 Å². The van der Waals surface area contributed by atoms with Gasteiger partial charge in [0.1, 0.15) is 6.33 Å². The summed E-state index contributed by atoms with van der Waals surface area (Å²) in [5, 5.41) is 13.3. The molecule has 0 spiro atoms. The lowest BCUT2D eigenvalue weighted by atomic mass is 10.0. The van der Waals surface area contributed by atoms with E-state index in [0.29, 0.717) is 5.56 Å². The van der Waals surface area contributed by atoms with Gasteiger partial charge in [0.05, 0.1) is 17.3 Å². The molecule has 1 fully saturated rings. The number of hydrogen-bond donors (Lipinski definition) is 0. The molecule has 0 radical (unpaired) electrons. The molecular weight excluding hydrogens is 272 g/mol. The van der Waals surface area contributed by atoms with Crippen molar-refractivity contribution in [1.82, 2.24) is 14.6 Å². The van der Waals surface area contributed by atoms with Crippen molar-refractivity contribution in [2.75, 3.05) is 0 Å². The van der Waals surface area contributed by atoms with Crippen LogP contribution in [0.2, 0.25) is 0 Å². The van der Waals surface area contributed by atoms with Crippen molar-refractivity contribution in [2.45, 2.75) is 25.7 Å². The van der Waals surface area contributed by atoms with Gasteiger partial charge in [-0.3, -0.25) is 0 Å². The van der Waals surface area contributed by atoms with Crippen molar-refractivity contribution in [1.29, 1.82) is 5.26 Å². The molecule has 0 aliphatic heterocycles. The highest BCUT2D eigenvalue weighted by Gasteiger charge is 2.21. The van der Waals surface area contributed by atoms with E-state index in [4.69, 9.17) is 5.26 Å². The number of rotatable bonds is 4. The van der Waals surface area contributed by atoms with Crippen molar-refractivity contribution in [3.05, 3.63) is 53.9 Å². The molecule has 4 nitrogen and oxygen atoms in total. The maximum atomic E-state index is 8.93. The molecule has 0 amide bonds. The first kappa shape index (κ1) is 13.0. The molecule has 0 atom stereocenters. The van der Waals surface area contributed by atoms with Gasteiger partial charge in [-0.2, -0.15) is 10.4 Å². The molecule has 0 saturated heterocycles. The van der Waals surface area contributed by atoms with Gasteiger partial charge >= 0.3 is 0 Å². The lowest BCUT2D eigenvalue weighted by Crippen LogP contribution is -1.98. The fraction of sp³-hybridized carbons (Fsp3) is 0.278. The largest absolute Gasteiger partial charge is 0.215 e. The molecule has 4 heteroatoms. The van der Waals surface area contributed by atoms with Gasteiger partial charge in [0.25, 0.3) is 0 Å². The van der Waals surface area contributed by atoms with Crippen LogP contribution in [0, 0.1) is 17.2 Å².